The van der Waals surface area contributed by atoms with Crippen molar-refractivity contribution in [3.05, 3.63) is 99.5 Å². The molecular formula is C21H20BrNO2S. The number of rotatable bonds is 5. The smallest absolute Gasteiger partial charge is 0.207 e. The van der Waals surface area contributed by atoms with Gasteiger partial charge < -0.3 is 0 Å². The molecule has 3 nitrogen and oxygen atoms in total. The molecule has 1 atom stereocenters. The molecule has 3 aromatic carbocycles. The Balaban J connectivity index is 2.09. The van der Waals surface area contributed by atoms with E-state index in [0.717, 1.165) is 26.7 Å². The van der Waals surface area contributed by atoms with Gasteiger partial charge in [0.2, 0.25) is 10.0 Å². The van der Waals surface area contributed by atoms with Gasteiger partial charge in [-0.15, -0.1) is 0 Å². The van der Waals surface area contributed by atoms with Gasteiger partial charge in [-0.1, -0.05) is 76.1 Å². The molecule has 0 radical (unpaired) electrons. The maximum atomic E-state index is 13.0. The summed E-state index contributed by atoms with van der Waals surface area (Å²) in [5.41, 5.74) is 3.85. The number of nitrogens with one attached hydrogen (secondary N) is 1. The van der Waals surface area contributed by atoms with E-state index in [0.29, 0.717) is 0 Å². The first-order valence-corrected chi connectivity index (χ1v) is 10.5. The zero-order valence-corrected chi connectivity index (χ0v) is 17.0. The molecule has 0 bridgehead atoms. The van der Waals surface area contributed by atoms with Crippen molar-refractivity contribution in [3.8, 4) is 0 Å². The van der Waals surface area contributed by atoms with E-state index >= 15 is 0 Å². The van der Waals surface area contributed by atoms with Crippen LogP contribution in [0.2, 0.25) is 0 Å². The highest BCUT2D eigenvalue weighted by molar-refractivity contribution is 9.10. The van der Waals surface area contributed by atoms with Crippen molar-refractivity contribution >= 4 is 26.0 Å². The second-order valence-corrected chi connectivity index (χ2v) is 8.81. The molecule has 1 N–H and O–H groups in total. The molecule has 0 aliphatic carbocycles. The van der Waals surface area contributed by atoms with Gasteiger partial charge in [0.05, 0.1) is 10.9 Å². The lowest BCUT2D eigenvalue weighted by molar-refractivity contribution is 0.571. The topological polar surface area (TPSA) is 46.2 Å². The first-order chi connectivity index (χ1) is 12.4. The maximum absolute atomic E-state index is 13.0. The first-order valence-electron chi connectivity index (χ1n) is 8.27. The molecule has 0 fully saturated rings. The SMILES string of the molecule is Cc1ccc(S(=O)(=O)N[C@@H](c2ccccc2C)c2ccccc2Br)cc1. The molecule has 134 valence electrons. The van der Waals surface area contributed by atoms with E-state index in [4.69, 9.17) is 0 Å². The second kappa shape index (κ2) is 7.74. The standard InChI is InChI=1S/C21H20BrNO2S/c1-15-11-13-17(14-12-15)26(24,25)23-21(18-8-4-3-7-16(18)2)19-9-5-6-10-20(19)22/h3-14,21,23H,1-2H3/t21-/m0/s1. The number of aryl methyl sites for hydroxylation is 2. The average Bonchev–Trinajstić information content (AvgIpc) is 2.61. The van der Waals surface area contributed by atoms with Crippen LogP contribution in [0.4, 0.5) is 0 Å². The van der Waals surface area contributed by atoms with E-state index in [-0.39, 0.29) is 4.90 Å². The lowest BCUT2D eigenvalue weighted by Gasteiger charge is -2.22. The van der Waals surface area contributed by atoms with Gasteiger partial charge in [0.25, 0.3) is 0 Å². The summed E-state index contributed by atoms with van der Waals surface area (Å²) in [6, 6.07) is 21.9. The Morgan fingerprint density at radius 3 is 2.00 bits per heavy atom. The fourth-order valence-electron chi connectivity index (χ4n) is 2.86. The van der Waals surface area contributed by atoms with Crippen LogP contribution in [0.1, 0.15) is 28.3 Å². The van der Waals surface area contributed by atoms with Crippen LogP contribution in [0, 0.1) is 13.8 Å². The van der Waals surface area contributed by atoms with Crippen molar-refractivity contribution in [1.82, 2.24) is 4.72 Å². The summed E-state index contributed by atoms with van der Waals surface area (Å²) >= 11 is 3.56. The van der Waals surface area contributed by atoms with E-state index in [9.17, 15) is 8.42 Å². The first kappa shape index (κ1) is 18.8. The predicted octanol–water partition coefficient (Wildman–Crippen LogP) is 5.13. The molecule has 3 aromatic rings. The molecule has 0 heterocycles. The minimum Gasteiger partial charge on any atom is -0.207 e. The molecule has 5 heteroatoms. The zero-order valence-electron chi connectivity index (χ0n) is 14.6. The normalized spacial score (nSPS) is 12.7. The van der Waals surface area contributed by atoms with Gasteiger partial charge in [-0.3, -0.25) is 0 Å². The summed E-state index contributed by atoms with van der Waals surface area (Å²) in [7, 11) is -3.68. The molecule has 26 heavy (non-hydrogen) atoms. The Bertz CT molecular complexity index is 969. The summed E-state index contributed by atoms with van der Waals surface area (Å²) in [6.07, 6.45) is 0. The second-order valence-electron chi connectivity index (χ2n) is 6.25. The third-order valence-corrected chi connectivity index (χ3v) is 6.48. The molecule has 0 spiro atoms. The van der Waals surface area contributed by atoms with Crippen LogP contribution in [0.15, 0.2) is 82.2 Å². The molecule has 0 aromatic heterocycles. The van der Waals surface area contributed by atoms with E-state index in [1.54, 1.807) is 24.3 Å². The molecule has 0 amide bonds. The molecule has 0 aliphatic heterocycles. The van der Waals surface area contributed by atoms with E-state index in [1.165, 1.54) is 0 Å². The van der Waals surface area contributed by atoms with Crippen LogP contribution in [-0.4, -0.2) is 8.42 Å². The summed E-state index contributed by atoms with van der Waals surface area (Å²) < 4.78 is 29.7. The lowest BCUT2D eigenvalue weighted by Crippen LogP contribution is -2.30. The zero-order chi connectivity index (χ0) is 18.7. The van der Waals surface area contributed by atoms with E-state index < -0.39 is 16.1 Å². The highest BCUT2D eigenvalue weighted by Crippen LogP contribution is 2.31. The minimum absolute atomic E-state index is 0.258. The van der Waals surface area contributed by atoms with E-state index in [1.807, 2.05) is 62.4 Å². The molecule has 3 rings (SSSR count). The highest BCUT2D eigenvalue weighted by Gasteiger charge is 2.25. The molecule has 0 saturated heterocycles. The number of halogens is 1. The molecule has 0 aliphatic rings. The largest absolute Gasteiger partial charge is 0.241 e. The fraction of sp³-hybridized carbons (Fsp3) is 0.143. The molecule has 0 saturated carbocycles. The van der Waals surface area contributed by atoms with Crippen molar-refractivity contribution in [2.45, 2.75) is 24.8 Å². The number of benzene rings is 3. The Kier molecular flexibility index (Phi) is 5.61. The van der Waals surface area contributed by atoms with Crippen LogP contribution in [-0.2, 0) is 10.0 Å². The Morgan fingerprint density at radius 2 is 1.38 bits per heavy atom. The van der Waals surface area contributed by atoms with Gasteiger partial charge in [0.1, 0.15) is 0 Å². The number of hydrogen-bond acceptors (Lipinski definition) is 2. The Labute approximate surface area is 163 Å². The van der Waals surface area contributed by atoms with Gasteiger partial charge in [-0.2, -0.15) is 4.72 Å². The van der Waals surface area contributed by atoms with Crippen LogP contribution in [0.5, 0.6) is 0 Å². The van der Waals surface area contributed by atoms with Crippen LogP contribution in [0.3, 0.4) is 0 Å². The quantitative estimate of drug-likeness (QED) is 0.610. The van der Waals surface area contributed by atoms with Gasteiger partial charge in [-0.25, -0.2) is 8.42 Å². The van der Waals surface area contributed by atoms with Crippen LogP contribution < -0.4 is 4.72 Å². The van der Waals surface area contributed by atoms with Crippen molar-refractivity contribution in [3.63, 3.8) is 0 Å². The van der Waals surface area contributed by atoms with Gasteiger partial charge in [0, 0.05) is 4.47 Å². The Morgan fingerprint density at radius 1 is 0.808 bits per heavy atom. The third kappa shape index (κ3) is 4.06. The third-order valence-electron chi connectivity index (χ3n) is 4.32. The Hall–Kier alpha value is -1.95. The van der Waals surface area contributed by atoms with Crippen LogP contribution >= 0.6 is 15.9 Å². The number of sulfonamides is 1. The van der Waals surface area contributed by atoms with E-state index in [2.05, 4.69) is 20.7 Å². The van der Waals surface area contributed by atoms with Crippen molar-refractivity contribution < 1.29 is 8.42 Å². The van der Waals surface area contributed by atoms with Gasteiger partial charge in [0.15, 0.2) is 0 Å². The average molecular weight is 430 g/mol. The molecule has 0 unspecified atom stereocenters. The lowest BCUT2D eigenvalue weighted by atomic mass is 9.96. The predicted molar refractivity (Wildman–Crippen MR) is 109 cm³/mol. The summed E-state index contributed by atoms with van der Waals surface area (Å²) in [5.74, 6) is 0. The summed E-state index contributed by atoms with van der Waals surface area (Å²) in [4.78, 5) is 0.258. The molecular weight excluding hydrogens is 410 g/mol. The maximum Gasteiger partial charge on any atom is 0.241 e. The van der Waals surface area contributed by atoms with Crippen molar-refractivity contribution in [1.29, 1.82) is 0 Å². The van der Waals surface area contributed by atoms with Gasteiger partial charge in [-0.05, 0) is 48.7 Å². The van der Waals surface area contributed by atoms with Crippen LogP contribution in [0.25, 0.3) is 0 Å². The number of hydrogen-bond donors (Lipinski definition) is 1. The van der Waals surface area contributed by atoms with Gasteiger partial charge >= 0.3 is 0 Å². The monoisotopic (exact) mass is 429 g/mol. The fourth-order valence-corrected chi connectivity index (χ4v) is 4.56. The summed E-state index contributed by atoms with van der Waals surface area (Å²) in [5, 5.41) is 0. The van der Waals surface area contributed by atoms with Crippen molar-refractivity contribution in [2.24, 2.45) is 0 Å². The minimum atomic E-state index is -3.68. The highest BCUT2D eigenvalue weighted by atomic mass is 79.9. The van der Waals surface area contributed by atoms with Crippen molar-refractivity contribution in [2.75, 3.05) is 0 Å². The summed E-state index contributed by atoms with van der Waals surface area (Å²) in [6.45, 7) is 3.92.